The van der Waals surface area contributed by atoms with Crippen molar-refractivity contribution in [2.24, 2.45) is 0 Å². The zero-order valence-electron chi connectivity index (χ0n) is 9.83. The standard InChI is InChI=1S/C15H15ClO2/c16-10-12-8-4-5-9-13(12)15(18)14(17)11-6-2-1-3-7-11/h1-9,14-15,17-18H,10H2/t14-,15-/m1/s1. The summed E-state index contributed by atoms with van der Waals surface area (Å²) in [6, 6.07) is 16.4. The molecule has 3 heteroatoms. The number of hydrogen-bond donors (Lipinski definition) is 2. The Morgan fingerprint density at radius 3 is 2.11 bits per heavy atom. The van der Waals surface area contributed by atoms with E-state index in [-0.39, 0.29) is 0 Å². The minimum Gasteiger partial charge on any atom is -0.385 e. The Bertz CT molecular complexity index is 499. The van der Waals surface area contributed by atoms with E-state index in [1.54, 1.807) is 18.2 Å². The number of aliphatic hydroxyl groups is 2. The molecule has 0 aliphatic carbocycles. The summed E-state index contributed by atoms with van der Waals surface area (Å²) in [7, 11) is 0. The van der Waals surface area contributed by atoms with E-state index in [4.69, 9.17) is 11.6 Å². The minimum absolute atomic E-state index is 0.314. The molecule has 2 nitrogen and oxygen atoms in total. The van der Waals surface area contributed by atoms with E-state index in [2.05, 4.69) is 0 Å². The molecular formula is C15H15ClO2. The van der Waals surface area contributed by atoms with Gasteiger partial charge in [0.2, 0.25) is 0 Å². The Balaban J connectivity index is 2.28. The lowest BCUT2D eigenvalue weighted by molar-refractivity contribution is 0.0168. The molecule has 0 aliphatic rings. The van der Waals surface area contributed by atoms with Gasteiger partial charge < -0.3 is 10.2 Å². The summed E-state index contributed by atoms with van der Waals surface area (Å²) >= 11 is 5.83. The van der Waals surface area contributed by atoms with Crippen molar-refractivity contribution in [1.82, 2.24) is 0 Å². The predicted molar refractivity (Wildman–Crippen MR) is 72.4 cm³/mol. The Hall–Kier alpha value is -1.35. The summed E-state index contributed by atoms with van der Waals surface area (Å²) in [5, 5.41) is 20.4. The zero-order valence-corrected chi connectivity index (χ0v) is 10.6. The lowest BCUT2D eigenvalue weighted by Crippen LogP contribution is -2.12. The average molecular weight is 263 g/mol. The smallest absolute Gasteiger partial charge is 0.109 e. The van der Waals surface area contributed by atoms with Crippen molar-refractivity contribution in [2.45, 2.75) is 18.1 Å². The van der Waals surface area contributed by atoms with Crippen molar-refractivity contribution in [3.05, 3.63) is 71.3 Å². The molecule has 0 unspecified atom stereocenters. The highest BCUT2D eigenvalue weighted by atomic mass is 35.5. The molecule has 0 fully saturated rings. The summed E-state index contributed by atoms with van der Waals surface area (Å²) in [5.41, 5.74) is 2.19. The van der Waals surface area contributed by atoms with Crippen molar-refractivity contribution >= 4 is 11.6 Å². The highest BCUT2D eigenvalue weighted by Gasteiger charge is 2.21. The molecule has 0 spiro atoms. The third-order valence-electron chi connectivity index (χ3n) is 2.96. The second-order valence-electron chi connectivity index (χ2n) is 4.13. The van der Waals surface area contributed by atoms with Gasteiger partial charge in [-0.15, -0.1) is 11.6 Å². The van der Waals surface area contributed by atoms with E-state index in [0.29, 0.717) is 17.0 Å². The third kappa shape index (κ3) is 2.72. The van der Waals surface area contributed by atoms with Gasteiger partial charge in [0, 0.05) is 5.88 Å². The van der Waals surface area contributed by atoms with E-state index >= 15 is 0 Å². The van der Waals surface area contributed by atoms with Gasteiger partial charge in [-0.1, -0.05) is 54.6 Å². The molecular weight excluding hydrogens is 248 g/mol. The molecule has 0 bridgehead atoms. The quantitative estimate of drug-likeness (QED) is 0.831. The molecule has 2 aromatic rings. The molecule has 0 aromatic heterocycles. The minimum atomic E-state index is -0.970. The maximum atomic E-state index is 10.2. The van der Waals surface area contributed by atoms with Crippen LogP contribution in [0.3, 0.4) is 0 Å². The van der Waals surface area contributed by atoms with Crippen LogP contribution in [-0.4, -0.2) is 10.2 Å². The van der Waals surface area contributed by atoms with Gasteiger partial charge in [-0.25, -0.2) is 0 Å². The van der Waals surface area contributed by atoms with Crippen LogP contribution in [0.15, 0.2) is 54.6 Å². The first-order chi connectivity index (χ1) is 8.74. The first-order valence-corrected chi connectivity index (χ1v) is 6.32. The Labute approximate surface area is 111 Å². The molecule has 0 radical (unpaired) electrons. The third-order valence-corrected chi connectivity index (χ3v) is 3.25. The maximum absolute atomic E-state index is 10.2. The van der Waals surface area contributed by atoms with Gasteiger partial charge in [0.25, 0.3) is 0 Å². The van der Waals surface area contributed by atoms with Crippen LogP contribution in [0.5, 0.6) is 0 Å². The lowest BCUT2D eigenvalue weighted by Gasteiger charge is -2.20. The molecule has 18 heavy (non-hydrogen) atoms. The second-order valence-corrected chi connectivity index (χ2v) is 4.40. The van der Waals surface area contributed by atoms with Crippen molar-refractivity contribution in [3.8, 4) is 0 Å². The summed E-state index contributed by atoms with van der Waals surface area (Å²) < 4.78 is 0. The summed E-state index contributed by atoms with van der Waals surface area (Å²) in [6.07, 6.45) is -1.92. The van der Waals surface area contributed by atoms with Crippen molar-refractivity contribution < 1.29 is 10.2 Å². The van der Waals surface area contributed by atoms with Gasteiger partial charge in [0.05, 0.1) is 0 Å². The fourth-order valence-electron chi connectivity index (χ4n) is 1.95. The van der Waals surface area contributed by atoms with Gasteiger partial charge in [0.1, 0.15) is 12.2 Å². The van der Waals surface area contributed by atoms with E-state index < -0.39 is 12.2 Å². The van der Waals surface area contributed by atoms with Crippen molar-refractivity contribution in [2.75, 3.05) is 0 Å². The van der Waals surface area contributed by atoms with Crippen LogP contribution in [0.25, 0.3) is 0 Å². The van der Waals surface area contributed by atoms with Crippen LogP contribution in [0.2, 0.25) is 0 Å². The van der Waals surface area contributed by atoms with Gasteiger partial charge in [-0.05, 0) is 16.7 Å². The molecule has 0 saturated carbocycles. The summed E-state index contributed by atoms with van der Waals surface area (Å²) in [6.45, 7) is 0. The van der Waals surface area contributed by atoms with Gasteiger partial charge >= 0.3 is 0 Å². The summed E-state index contributed by atoms with van der Waals surface area (Å²) in [5.74, 6) is 0.314. The van der Waals surface area contributed by atoms with Gasteiger partial charge in [-0.2, -0.15) is 0 Å². The normalized spacial score (nSPS) is 14.2. The molecule has 2 N–H and O–H groups in total. The predicted octanol–water partition coefficient (Wildman–Crippen LogP) is 3.19. The Morgan fingerprint density at radius 1 is 0.833 bits per heavy atom. The number of benzene rings is 2. The SMILES string of the molecule is O[C@H](c1ccccc1)[C@H](O)c1ccccc1CCl. The fraction of sp³-hybridized carbons (Fsp3) is 0.200. The second kappa shape index (κ2) is 6.01. The van der Waals surface area contributed by atoms with Crippen LogP contribution in [-0.2, 0) is 5.88 Å². The van der Waals surface area contributed by atoms with Crippen molar-refractivity contribution in [3.63, 3.8) is 0 Å². The number of alkyl halides is 1. The average Bonchev–Trinajstić information content (AvgIpc) is 2.46. The monoisotopic (exact) mass is 262 g/mol. The molecule has 0 saturated heterocycles. The molecule has 2 atom stereocenters. The van der Waals surface area contributed by atoms with E-state index in [1.807, 2.05) is 36.4 Å². The van der Waals surface area contributed by atoms with Crippen LogP contribution in [0.1, 0.15) is 28.9 Å². The first-order valence-electron chi connectivity index (χ1n) is 5.79. The first kappa shape index (κ1) is 13.1. The molecule has 0 amide bonds. The molecule has 0 heterocycles. The molecule has 0 aliphatic heterocycles. The van der Waals surface area contributed by atoms with Crippen LogP contribution in [0.4, 0.5) is 0 Å². The van der Waals surface area contributed by atoms with Crippen LogP contribution >= 0.6 is 11.6 Å². The number of rotatable bonds is 4. The largest absolute Gasteiger partial charge is 0.385 e. The van der Waals surface area contributed by atoms with Crippen LogP contribution in [0, 0.1) is 0 Å². The lowest BCUT2D eigenvalue weighted by atomic mass is 9.95. The van der Waals surface area contributed by atoms with Gasteiger partial charge in [0.15, 0.2) is 0 Å². The molecule has 94 valence electrons. The van der Waals surface area contributed by atoms with E-state index in [0.717, 1.165) is 5.56 Å². The maximum Gasteiger partial charge on any atom is 0.109 e. The fourth-order valence-corrected chi connectivity index (χ4v) is 2.19. The van der Waals surface area contributed by atoms with E-state index in [1.165, 1.54) is 0 Å². The molecule has 2 rings (SSSR count). The van der Waals surface area contributed by atoms with Gasteiger partial charge in [-0.3, -0.25) is 0 Å². The number of halogens is 1. The summed E-state index contributed by atoms with van der Waals surface area (Å²) in [4.78, 5) is 0. The van der Waals surface area contributed by atoms with Crippen LogP contribution < -0.4 is 0 Å². The Morgan fingerprint density at radius 2 is 1.44 bits per heavy atom. The highest BCUT2D eigenvalue weighted by molar-refractivity contribution is 6.17. The highest BCUT2D eigenvalue weighted by Crippen LogP contribution is 2.30. The number of aliphatic hydroxyl groups excluding tert-OH is 2. The van der Waals surface area contributed by atoms with Crippen molar-refractivity contribution in [1.29, 1.82) is 0 Å². The van der Waals surface area contributed by atoms with E-state index in [9.17, 15) is 10.2 Å². The topological polar surface area (TPSA) is 40.5 Å². The number of hydrogen-bond acceptors (Lipinski definition) is 2. The Kier molecular flexibility index (Phi) is 4.37. The zero-order chi connectivity index (χ0) is 13.0. The molecule has 2 aromatic carbocycles.